The van der Waals surface area contributed by atoms with Gasteiger partial charge in [0.1, 0.15) is 23.0 Å². The molecule has 216 valence electrons. The molecule has 2 aromatic carbocycles. The Morgan fingerprint density at radius 1 is 1.24 bits per heavy atom. The minimum Gasteiger partial charge on any atom is -0.482 e. The quantitative estimate of drug-likeness (QED) is 0.325. The normalized spacial score (nSPS) is 23.0. The predicted molar refractivity (Wildman–Crippen MR) is 155 cm³/mol. The number of carbonyl (C=O) groups is 1. The lowest BCUT2D eigenvalue weighted by Gasteiger charge is -2.33. The fourth-order valence-electron chi connectivity index (χ4n) is 6.45. The maximum atomic E-state index is 14.9. The van der Waals surface area contributed by atoms with E-state index in [1.165, 1.54) is 17.7 Å². The first kappa shape index (κ1) is 27.9. The van der Waals surface area contributed by atoms with Crippen molar-refractivity contribution in [3.63, 3.8) is 0 Å². The lowest BCUT2D eigenvalue weighted by molar-refractivity contribution is -0.131. The second kappa shape index (κ2) is 11.2. The van der Waals surface area contributed by atoms with Crippen LogP contribution in [0.3, 0.4) is 0 Å². The average molecular weight is 580 g/mol. The second-order valence-corrected chi connectivity index (χ2v) is 12.0. The van der Waals surface area contributed by atoms with Crippen LogP contribution >= 0.6 is 11.6 Å². The van der Waals surface area contributed by atoms with E-state index >= 15 is 0 Å². The van der Waals surface area contributed by atoms with Gasteiger partial charge in [0.15, 0.2) is 0 Å². The van der Waals surface area contributed by atoms with Crippen molar-refractivity contribution in [1.82, 2.24) is 14.5 Å². The number of aliphatic carboxylic acids is 1. The van der Waals surface area contributed by atoms with Gasteiger partial charge in [-0.15, -0.1) is 0 Å². The number of hydrogen-bond acceptors (Lipinski definition) is 5. The van der Waals surface area contributed by atoms with Crippen LogP contribution in [0.1, 0.15) is 66.0 Å². The van der Waals surface area contributed by atoms with Crippen LogP contribution in [0.15, 0.2) is 42.5 Å². The van der Waals surface area contributed by atoms with Crippen LogP contribution in [0.25, 0.3) is 6.08 Å². The molecule has 4 heterocycles. The van der Waals surface area contributed by atoms with Crippen LogP contribution < -0.4 is 4.74 Å². The number of fused-ring (bicyclic) bond motifs is 1. The lowest BCUT2D eigenvalue weighted by atomic mass is 9.86. The fourth-order valence-corrected chi connectivity index (χ4v) is 6.61. The fraction of sp³-hybridized carbons (Fsp3) is 0.438. The number of likely N-dealkylation sites (tertiary alicyclic amines) is 1. The third kappa shape index (κ3) is 5.65. The van der Waals surface area contributed by atoms with Crippen molar-refractivity contribution in [2.24, 2.45) is 0 Å². The molecule has 3 aliphatic heterocycles. The SMILES string of the molecule is Cc1nc(CN2CCC(c3cccc4c3O[C@](C)(c3ccc(Cl)cc3F)C4)CC2)n(C[C@@H]2CCO2)c1C=CC(=O)O. The summed E-state index contributed by atoms with van der Waals surface area (Å²) in [5.41, 5.74) is 3.70. The van der Waals surface area contributed by atoms with Crippen molar-refractivity contribution in [2.75, 3.05) is 19.7 Å². The molecule has 2 fully saturated rings. The number of imidazole rings is 1. The Bertz CT molecular complexity index is 1490. The molecule has 0 radical (unpaired) electrons. The molecule has 1 aromatic heterocycles. The molecule has 2 atom stereocenters. The monoisotopic (exact) mass is 579 g/mol. The summed E-state index contributed by atoms with van der Waals surface area (Å²) in [6.07, 6.45) is 6.50. The van der Waals surface area contributed by atoms with E-state index in [1.54, 1.807) is 18.2 Å². The van der Waals surface area contributed by atoms with Crippen molar-refractivity contribution >= 4 is 23.6 Å². The van der Waals surface area contributed by atoms with Gasteiger partial charge in [-0.3, -0.25) is 4.90 Å². The van der Waals surface area contributed by atoms with E-state index < -0.39 is 11.6 Å². The molecule has 0 bridgehead atoms. The zero-order valence-electron chi connectivity index (χ0n) is 23.4. The van der Waals surface area contributed by atoms with Crippen molar-refractivity contribution in [1.29, 1.82) is 0 Å². The Morgan fingerprint density at radius 3 is 2.71 bits per heavy atom. The molecule has 0 unspecified atom stereocenters. The Balaban J connectivity index is 1.16. The molecule has 1 N–H and O–H groups in total. The number of nitrogens with zero attached hydrogens (tertiary/aromatic N) is 3. The number of hydrogen-bond donors (Lipinski definition) is 1. The molecular weight excluding hydrogens is 545 g/mol. The molecule has 9 heteroatoms. The van der Waals surface area contributed by atoms with Gasteiger partial charge in [0.2, 0.25) is 0 Å². The zero-order valence-corrected chi connectivity index (χ0v) is 24.2. The van der Waals surface area contributed by atoms with Crippen LogP contribution in [0.5, 0.6) is 5.75 Å². The van der Waals surface area contributed by atoms with Crippen molar-refractivity contribution < 1.29 is 23.8 Å². The van der Waals surface area contributed by atoms with Crippen LogP contribution in [0.2, 0.25) is 5.02 Å². The predicted octanol–water partition coefficient (Wildman–Crippen LogP) is 6.10. The molecule has 6 rings (SSSR count). The third-order valence-electron chi connectivity index (χ3n) is 8.71. The molecule has 0 aliphatic carbocycles. The number of carboxylic acid groups (broad SMARTS) is 1. The van der Waals surface area contributed by atoms with Gasteiger partial charge in [0.25, 0.3) is 0 Å². The summed E-state index contributed by atoms with van der Waals surface area (Å²) in [6, 6.07) is 11.1. The van der Waals surface area contributed by atoms with Gasteiger partial charge < -0.3 is 19.1 Å². The topological polar surface area (TPSA) is 76.8 Å². The number of carboxylic acids is 1. The second-order valence-electron chi connectivity index (χ2n) is 11.6. The van der Waals surface area contributed by atoms with Gasteiger partial charge in [0.05, 0.1) is 30.6 Å². The van der Waals surface area contributed by atoms with Crippen molar-refractivity contribution in [3.05, 3.63) is 87.2 Å². The number of benzene rings is 2. The van der Waals surface area contributed by atoms with E-state index in [1.807, 2.05) is 13.8 Å². The first-order valence-electron chi connectivity index (χ1n) is 14.3. The summed E-state index contributed by atoms with van der Waals surface area (Å²) in [6.45, 7) is 7.82. The summed E-state index contributed by atoms with van der Waals surface area (Å²) in [5, 5.41) is 9.54. The highest BCUT2D eigenvalue weighted by Crippen LogP contribution is 2.47. The highest BCUT2D eigenvalue weighted by molar-refractivity contribution is 6.30. The number of rotatable bonds is 8. The van der Waals surface area contributed by atoms with E-state index in [-0.39, 0.29) is 11.9 Å². The largest absolute Gasteiger partial charge is 0.482 e. The highest BCUT2D eigenvalue weighted by Gasteiger charge is 2.40. The van der Waals surface area contributed by atoms with E-state index in [4.69, 9.17) is 31.2 Å². The van der Waals surface area contributed by atoms with E-state index in [0.717, 1.165) is 67.5 Å². The first-order valence-corrected chi connectivity index (χ1v) is 14.7. The minimum atomic E-state index is -0.976. The maximum absolute atomic E-state index is 14.9. The number of para-hydroxylation sites is 1. The standard InChI is InChI=1S/C32H35ClFN3O4/c1-20-28(8-9-30(38)39)37(18-24-12-15-40-24)29(35-20)19-36-13-10-21(11-14-36)25-5-3-4-22-17-32(2,41-31(22)25)26-7-6-23(33)16-27(26)34/h3-9,16,21,24H,10-15,17-19H2,1-2H3,(H,38,39)/t24-,32-/m0/s1. The molecule has 0 spiro atoms. The molecule has 0 saturated carbocycles. The van der Waals surface area contributed by atoms with Crippen molar-refractivity contribution in [2.45, 2.75) is 70.2 Å². The van der Waals surface area contributed by atoms with Gasteiger partial charge in [-0.2, -0.15) is 0 Å². The minimum absolute atomic E-state index is 0.136. The maximum Gasteiger partial charge on any atom is 0.328 e. The Morgan fingerprint density at radius 2 is 2.02 bits per heavy atom. The van der Waals surface area contributed by atoms with Crippen LogP contribution in [-0.2, 0) is 34.6 Å². The summed E-state index contributed by atoms with van der Waals surface area (Å²) in [4.78, 5) is 18.4. The van der Waals surface area contributed by atoms with E-state index in [2.05, 4.69) is 27.7 Å². The summed E-state index contributed by atoms with van der Waals surface area (Å²) >= 11 is 6.00. The average Bonchev–Trinajstić information content (AvgIpc) is 3.40. The number of aromatic nitrogens is 2. The summed E-state index contributed by atoms with van der Waals surface area (Å²) in [7, 11) is 0. The smallest absolute Gasteiger partial charge is 0.328 e. The molecule has 2 saturated heterocycles. The van der Waals surface area contributed by atoms with Gasteiger partial charge in [0, 0.05) is 29.7 Å². The van der Waals surface area contributed by atoms with E-state index in [9.17, 15) is 9.18 Å². The Hall–Kier alpha value is -3.20. The third-order valence-corrected chi connectivity index (χ3v) is 8.94. The zero-order chi connectivity index (χ0) is 28.7. The van der Waals surface area contributed by atoms with Gasteiger partial charge >= 0.3 is 5.97 Å². The van der Waals surface area contributed by atoms with Gasteiger partial charge in [-0.25, -0.2) is 14.2 Å². The lowest BCUT2D eigenvalue weighted by Crippen LogP contribution is -2.35. The van der Waals surface area contributed by atoms with Crippen LogP contribution in [0, 0.1) is 12.7 Å². The van der Waals surface area contributed by atoms with Crippen molar-refractivity contribution in [3.8, 4) is 5.75 Å². The van der Waals surface area contributed by atoms with Crippen LogP contribution in [-0.4, -0.2) is 51.3 Å². The Labute approximate surface area is 244 Å². The molecule has 0 amide bonds. The number of piperidine rings is 1. The molecule has 3 aliphatic rings. The number of aryl methyl sites for hydroxylation is 1. The summed E-state index contributed by atoms with van der Waals surface area (Å²) in [5.74, 6) is 0.852. The van der Waals surface area contributed by atoms with Crippen LogP contribution in [0.4, 0.5) is 4.39 Å². The Kier molecular flexibility index (Phi) is 7.66. The summed E-state index contributed by atoms with van der Waals surface area (Å²) < 4.78 is 29.2. The molecular formula is C32H35ClFN3O4. The van der Waals surface area contributed by atoms with E-state index in [0.29, 0.717) is 36.0 Å². The molecule has 3 aromatic rings. The van der Waals surface area contributed by atoms with Gasteiger partial charge in [-0.05, 0) is 81.5 Å². The number of ether oxygens (including phenoxy) is 2. The number of halogens is 2. The first-order chi connectivity index (χ1) is 19.7. The molecule has 41 heavy (non-hydrogen) atoms. The molecule has 7 nitrogen and oxygen atoms in total. The highest BCUT2D eigenvalue weighted by atomic mass is 35.5. The van der Waals surface area contributed by atoms with Gasteiger partial charge in [-0.1, -0.05) is 35.9 Å².